The number of amides is 1. The lowest BCUT2D eigenvalue weighted by Gasteiger charge is -2.32. The molecule has 1 saturated carbocycles. The van der Waals surface area contributed by atoms with Crippen LogP contribution in [0.5, 0.6) is 0 Å². The number of benzene rings is 1. The Kier molecular flexibility index (Phi) is 6.37. The summed E-state index contributed by atoms with van der Waals surface area (Å²) in [5.41, 5.74) is 3.82. The number of fused-ring (bicyclic) bond motifs is 1. The molecular weight excluding hydrogens is 334 g/mol. The highest BCUT2D eigenvalue weighted by atomic mass is 35.5. The molecule has 4 rings (SSSR count). The molecule has 0 unspecified atom stereocenters. The fourth-order valence-electron chi connectivity index (χ4n) is 4.00. The minimum Gasteiger partial charge on any atom is -0.325 e. The number of piperidine rings is 1. The van der Waals surface area contributed by atoms with E-state index in [0.29, 0.717) is 12.6 Å². The van der Waals surface area contributed by atoms with E-state index in [9.17, 15) is 4.79 Å². The van der Waals surface area contributed by atoms with Gasteiger partial charge in [-0.3, -0.25) is 9.69 Å². The fourth-order valence-corrected chi connectivity index (χ4v) is 4.00. The van der Waals surface area contributed by atoms with Crippen LogP contribution in [0.2, 0.25) is 0 Å². The Morgan fingerprint density at radius 1 is 1.08 bits per heavy atom. The van der Waals surface area contributed by atoms with E-state index in [1.807, 2.05) is 0 Å². The van der Waals surface area contributed by atoms with Gasteiger partial charge in [0.15, 0.2) is 0 Å². The van der Waals surface area contributed by atoms with E-state index in [1.165, 1.54) is 56.2 Å². The number of likely N-dealkylation sites (tertiary alicyclic amines) is 1. The van der Waals surface area contributed by atoms with Crippen LogP contribution in [0, 0.1) is 5.92 Å². The van der Waals surface area contributed by atoms with Crippen LogP contribution in [0.4, 0.5) is 5.69 Å². The maximum atomic E-state index is 12.3. The molecule has 0 atom stereocenters. The van der Waals surface area contributed by atoms with Crippen molar-refractivity contribution < 1.29 is 4.79 Å². The number of nitrogens with one attached hydrogen (secondary N) is 2. The van der Waals surface area contributed by atoms with Crippen LogP contribution in [0.25, 0.3) is 0 Å². The van der Waals surface area contributed by atoms with Gasteiger partial charge in [-0.15, -0.1) is 12.4 Å². The quantitative estimate of drug-likeness (QED) is 0.816. The first-order valence-electron chi connectivity index (χ1n) is 9.63. The number of carbonyl (C=O) groups is 1. The summed E-state index contributed by atoms with van der Waals surface area (Å²) >= 11 is 0. The van der Waals surface area contributed by atoms with E-state index in [4.69, 9.17) is 0 Å². The summed E-state index contributed by atoms with van der Waals surface area (Å²) in [6.45, 7) is 3.77. The molecule has 1 aromatic carbocycles. The summed E-state index contributed by atoms with van der Waals surface area (Å²) in [6.07, 6.45) is 8.74. The molecule has 1 aromatic rings. The average molecular weight is 364 g/mol. The topological polar surface area (TPSA) is 44.4 Å². The van der Waals surface area contributed by atoms with Crippen LogP contribution in [-0.2, 0) is 17.6 Å². The van der Waals surface area contributed by atoms with E-state index in [-0.39, 0.29) is 18.3 Å². The standard InChI is InChI=1S/C20H29N3O.ClH/c24-20(22-19-7-6-16-2-1-3-17(16)12-19)14-23-10-8-18(9-11-23)21-13-15-4-5-15;/h6-7,12,15,18,21H,1-5,8-11,13-14H2,(H,22,24);1H. The summed E-state index contributed by atoms with van der Waals surface area (Å²) < 4.78 is 0. The van der Waals surface area contributed by atoms with Crippen molar-refractivity contribution in [1.29, 1.82) is 0 Å². The van der Waals surface area contributed by atoms with E-state index >= 15 is 0 Å². The zero-order valence-corrected chi connectivity index (χ0v) is 15.7. The Bertz CT molecular complexity index is 595. The summed E-state index contributed by atoms with van der Waals surface area (Å²) in [5, 5.41) is 6.78. The second-order valence-corrected chi connectivity index (χ2v) is 7.79. The van der Waals surface area contributed by atoms with Crippen molar-refractivity contribution in [2.24, 2.45) is 5.92 Å². The van der Waals surface area contributed by atoms with E-state index in [0.717, 1.165) is 31.1 Å². The van der Waals surface area contributed by atoms with Gasteiger partial charge in [-0.05, 0) is 80.7 Å². The van der Waals surface area contributed by atoms with Gasteiger partial charge in [0.2, 0.25) is 5.91 Å². The molecule has 138 valence electrons. The summed E-state index contributed by atoms with van der Waals surface area (Å²) in [7, 11) is 0. The summed E-state index contributed by atoms with van der Waals surface area (Å²) in [6, 6.07) is 7.04. The monoisotopic (exact) mass is 363 g/mol. The number of hydrogen-bond acceptors (Lipinski definition) is 3. The van der Waals surface area contributed by atoms with Crippen molar-refractivity contribution in [2.75, 3.05) is 31.5 Å². The molecule has 2 N–H and O–H groups in total. The van der Waals surface area contributed by atoms with Gasteiger partial charge >= 0.3 is 0 Å². The van der Waals surface area contributed by atoms with E-state index in [2.05, 4.69) is 33.7 Å². The second-order valence-electron chi connectivity index (χ2n) is 7.79. The second kappa shape index (κ2) is 8.52. The highest BCUT2D eigenvalue weighted by Gasteiger charge is 2.25. The predicted octanol–water partition coefficient (Wildman–Crippen LogP) is 3.00. The lowest BCUT2D eigenvalue weighted by atomic mass is 10.0. The predicted molar refractivity (Wildman–Crippen MR) is 105 cm³/mol. The molecule has 25 heavy (non-hydrogen) atoms. The van der Waals surface area contributed by atoms with Gasteiger partial charge in [0.1, 0.15) is 0 Å². The van der Waals surface area contributed by atoms with Gasteiger partial charge in [-0.25, -0.2) is 0 Å². The van der Waals surface area contributed by atoms with Crippen molar-refractivity contribution in [3.8, 4) is 0 Å². The maximum absolute atomic E-state index is 12.3. The van der Waals surface area contributed by atoms with Gasteiger partial charge in [0.25, 0.3) is 0 Å². The molecule has 5 heteroatoms. The molecule has 2 fully saturated rings. The van der Waals surface area contributed by atoms with E-state index < -0.39 is 0 Å². The molecule has 2 aliphatic carbocycles. The van der Waals surface area contributed by atoms with Crippen molar-refractivity contribution in [1.82, 2.24) is 10.2 Å². The molecule has 1 amide bonds. The van der Waals surface area contributed by atoms with Gasteiger partial charge in [0, 0.05) is 24.8 Å². The third kappa shape index (κ3) is 5.19. The Morgan fingerprint density at radius 3 is 2.60 bits per heavy atom. The van der Waals surface area contributed by atoms with Crippen LogP contribution in [-0.4, -0.2) is 43.0 Å². The highest BCUT2D eigenvalue weighted by Crippen LogP contribution is 2.28. The van der Waals surface area contributed by atoms with Crippen molar-refractivity contribution in [3.63, 3.8) is 0 Å². The smallest absolute Gasteiger partial charge is 0.238 e. The first-order valence-corrected chi connectivity index (χ1v) is 9.63. The number of halogens is 1. The van der Waals surface area contributed by atoms with Crippen molar-refractivity contribution in [3.05, 3.63) is 29.3 Å². The third-order valence-electron chi connectivity index (χ3n) is 5.73. The molecule has 0 bridgehead atoms. The lowest BCUT2D eigenvalue weighted by molar-refractivity contribution is -0.117. The Balaban J connectivity index is 0.00000182. The number of rotatable bonds is 6. The number of carbonyl (C=O) groups excluding carboxylic acids is 1. The lowest BCUT2D eigenvalue weighted by Crippen LogP contribution is -2.45. The fraction of sp³-hybridized carbons (Fsp3) is 0.650. The number of aryl methyl sites for hydroxylation is 2. The molecule has 1 saturated heterocycles. The maximum Gasteiger partial charge on any atom is 0.238 e. The largest absolute Gasteiger partial charge is 0.325 e. The van der Waals surface area contributed by atoms with Gasteiger partial charge in [0.05, 0.1) is 6.54 Å². The first kappa shape index (κ1) is 18.7. The Hall–Kier alpha value is -1.10. The van der Waals surface area contributed by atoms with Gasteiger partial charge < -0.3 is 10.6 Å². The Morgan fingerprint density at radius 2 is 1.84 bits per heavy atom. The highest BCUT2D eigenvalue weighted by molar-refractivity contribution is 5.92. The molecular formula is C20H30ClN3O. The molecule has 3 aliphatic rings. The molecule has 1 aliphatic heterocycles. The number of nitrogens with zero attached hydrogens (tertiary/aromatic N) is 1. The van der Waals surface area contributed by atoms with Crippen LogP contribution in [0.15, 0.2) is 18.2 Å². The number of hydrogen-bond donors (Lipinski definition) is 2. The van der Waals surface area contributed by atoms with Crippen molar-refractivity contribution >= 4 is 24.0 Å². The third-order valence-corrected chi connectivity index (χ3v) is 5.73. The van der Waals surface area contributed by atoms with Crippen LogP contribution >= 0.6 is 12.4 Å². The van der Waals surface area contributed by atoms with Crippen LogP contribution < -0.4 is 10.6 Å². The first-order chi connectivity index (χ1) is 11.8. The van der Waals surface area contributed by atoms with Crippen molar-refractivity contribution in [2.45, 2.75) is 51.0 Å². The molecule has 0 spiro atoms. The van der Waals surface area contributed by atoms with Gasteiger partial charge in [-0.2, -0.15) is 0 Å². The average Bonchev–Trinajstić information content (AvgIpc) is 3.30. The zero-order chi connectivity index (χ0) is 16.4. The minimum absolute atomic E-state index is 0. The number of anilines is 1. The molecule has 1 heterocycles. The summed E-state index contributed by atoms with van der Waals surface area (Å²) in [4.78, 5) is 14.6. The minimum atomic E-state index is 0. The normalized spacial score (nSPS) is 20.8. The van der Waals surface area contributed by atoms with Gasteiger partial charge in [-0.1, -0.05) is 6.07 Å². The molecule has 4 nitrogen and oxygen atoms in total. The zero-order valence-electron chi connectivity index (χ0n) is 14.9. The Labute approximate surface area is 157 Å². The molecule has 0 radical (unpaired) electrons. The molecule has 0 aromatic heterocycles. The van der Waals surface area contributed by atoms with Crippen LogP contribution in [0.1, 0.15) is 43.2 Å². The van der Waals surface area contributed by atoms with E-state index in [1.54, 1.807) is 0 Å². The SMILES string of the molecule is Cl.O=C(CN1CCC(NCC2CC2)CC1)Nc1ccc2c(c1)CCC2. The summed E-state index contributed by atoms with van der Waals surface area (Å²) in [5.74, 6) is 1.07. The van der Waals surface area contributed by atoms with Crippen LogP contribution in [0.3, 0.4) is 0 Å².